The molecule has 7 nitrogen and oxygen atoms in total. The molecule has 2 aromatic carbocycles. The van der Waals surface area contributed by atoms with Crippen LogP contribution in [0.15, 0.2) is 36.4 Å². The topological polar surface area (TPSA) is 90.7 Å². The second-order valence-electron chi connectivity index (χ2n) is 8.21. The number of rotatable bonds is 8. The van der Waals surface area contributed by atoms with E-state index in [0.29, 0.717) is 35.7 Å². The highest BCUT2D eigenvalue weighted by Gasteiger charge is 2.26. The number of hydrogen-bond acceptors (Lipinski definition) is 7. The van der Waals surface area contributed by atoms with Crippen LogP contribution in [0.2, 0.25) is 0 Å². The summed E-state index contributed by atoms with van der Waals surface area (Å²) in [6.07, 6.45) is 5.38. The van der Waals surface area contributed by atoms with Crippen LogP contribution in [0.3, 0.4) is 0 Å². The molecule has 0 spiro atoms. The van der Waals surface area contributed by atoms with Crippen molar-refractivity contribution in [3.05, 3.63) is 58.8 Å². The van der Waals surface area contributed by atoms with Crippen molar-refractivity contribution in [2.45, 2.75) is 32.1 Å². The molecule has 4 rings (SSSR count). The summed E-state index contributed by atoms with van der Waals surface area (Å²) in [4.78, 5) is 18.2. The fourth-order valence-corrected chi connectivity index (χ4v) is 4.48. The predicted molar refractivity (Wildman–Crippen MR) is 134 cm³/mol. The van der Waals surface area contributed by atoms with Crippen LogP contribution in [-0.2, 0) is 11.2 Å². The Morgan fingerprint density at radius 2 is 1.83 bits per heavy atom. The Morgan fingerprint density at radius 3 is 2.51 bits per heavy atom. The normalized spacial score (nSPS) is 13.7. The summed E-state index contributed by atoms with van der Waals surface area (Å²) in [5.74, 6) is 1.31. The van der Waals surface area contributed by atoms with Gasteiger partial charge in [-0.15, -0.1) is 0 Å². The highest BCUT2D eigenvalue weighted by molar-refractivity contribution is 6.06. The molecule has 7 heteroatoms. The van der Waals surface area contributed by atoms with Crippen molar-refractivity contribution in [2.24, 2.45) is 0 Å². The number of hydrogen-bond donors (Lipinski definition) is 0. The lowest BCUT2D eigenvalue weighted by Gasteiger charge is -2.22. The molecule has 1 aromatic heterocycles. The number of pyridine rings is 1. The zero-order valence-electron chi connectivity index (χ0n) is 20.2. The summed E-state index contributed by atoms with van der Waals surface area (Å²) < 4.78 is 22.0. The number of para-hydroxylation sites is 1. The van der Waals surface area contributed by atoms with Crippen LogP contribution in [0, 0.1) is 11.3 Å². The fourth-order valence-electron chi connectivity index (χ4n) is 4.48. The van der Waals surface area contributed by atoms with Gasteiger partial charge in [0, 0.05) is 11.8 Å². The van der Waals surface area contributed by atoms with E-state index in [2.05, 4.69) is 12.1 Å². The van der Waals surface area contributed by atoms with Gasteiger partial charge in [0.2, 0.25) is 5.75 Å². The van der Waals surface area contributed by atoms with E-state index in [4.69, 9.17) is 29.2 Å². The number of nitrogens with zero attached hydrogens (tertiary/aromatic N) is 2. The number of fused-ring (bicyclic) bond motifs is 2. The van der Waals surface area contributed by atoms with Crippen LogP contribution in [-0.4, -0.2) is 38.9 Å². The van der Waals surface area contributed by atoms with Gasteiger partial charge in [0.05, 0.1) is 50.8 Å². The minimum absolute atomic E-state index is 0.214. The number of carbonyl (C=O) groups is 1. The number of carbonyl (C=O) groups excluding carboxylic acids is 1. The summed E-state index contributed by atoms with van der Waals surface area (Å²) >= 11 is 0. The van der Waals surface area contributed by atoms with E-state index in [1.807, 2.05) is 36.4 Å². The largest absolute Gasteiger partial charge is 0.493 e. The summed E-state index contributed by atoms with van der Waals surface area (Å²) in [6.45, 7) is 0.214. The second-order valence-corrected chi connectivity index (χ2v) is 8.21. The van der Waals surface area contributed by atoms with E-state index in [1.165, 1.54) is 0 Å². The molecular weight excluding hydrogens is 444 g/mol. The molecule has 1 aliphatic carbocycles. The molecule has 0 fully saturated rings. The molecule has 0 amide bonds. The summed E-state index contributed by atoms with van der Waals surface area (Å²) in [6, 6.07) is 13.5. The van der Waals surface area contributed by atoms with Gasteiger partial charge in [0.25, 0.3) is 0 Å². The Labute approximate surface area is 204 Å². The van der Waals surface area contributed by atoms with Gasteiger partial charge in [-0.1, -0.05) is 18.2 Å². The van der Waals surface area contributed by atoms with Crippen molar-refractivity contribution < 1.29 is 23.7 Å². The molecule has 0 aliphatic heterocycles. The predicted octanol–water partition coefficient (Wildman–Crippen LogP) is 5.60. The lowest BCUT2D eigenvalue weighted by atomic mass is 9.86. The van der Waals surface area contributed by atoms with Gasteiger partial charge in [-0.2, -0.15) is 5.26 Å². The SMILES string of the molecule is COc1cc(/C=C2\CCCc3c2nc2ccccc2c3C(=O)OCCCC#N)cc(OC)c1OC. The molecule has 0 atom stereocenters. The summed E-state index contributed by atoms with van der Waals surface area (Å²) in [5, 5.41) is 9.55. The average molecular weight is 473 g/mol. The number of benzene rings is 2. The van der Waals surface area contributed by atoms with Crippen LogP contribution >= 0.6 is 0 Å². The standard InChI is InChI=1S/C28H28N2O5/c1-32-23-16-18(17-24(33-2)27(23)34-3)15-19-9-8-11-21-25(28(31)35-14-7-6-13-29)20-10-4-5-12-22(20)30-26(19)21/h4-5,10,12,15-17H,6-9,11,14H2,1-3H3/b19-15+. The van der Waals surface area contributed by atoms with Crippen LogP contribution in [0.25, 0.3) is 22.6 Å². The molecular formula is C28H28N2O5. The van der Waals surface area contributed by atoms with Gasteiger partial charge in [-0.05, 0) is 66.7 Å². The van der Waals surface area contributed by atoms with Crippen LogP contribution in [0.4, 0.5) is 0 Å². The molecule has 180 valence electrons. The zero-order chi connectivity index (χ0) is 24.8. The third-order valence-electron chi connectivity index (χ3n) is 6.07. The lowest BCUT2D eigenvalue weighted by molar-refractivity contribution is 0.0502. The summed E-state index contributed by atoms with van der Waals surface area (Å²) in [5.41, 5.74) is 4.94. The first-order valence-corrected chi connectivity index (χ1v) is 11.6. The minimum Gasteiger partial charge on any atom is -0.493 e. The minimum atomic E-state index is -0.369. The molecule has 0 saturated carbocycles. The van der Waals surface area contributed by atoms with E-state index in [9.17, 15) is 4.79 Å². The number of allylic oxidation sites excluding steroid dienone is 1. The van der Waals surface area contributed by atoms with Gasteiger partial charge < -0.3 is 18.9 Å². The maximum absolute atomic E-state index is 13.2. The fraction of sp³-hybridized carbons (Fsp3) is 0.321. The Morgan fingerprint density at radius 1 is 1.09 bits per heavy atom. The Bertz CT molecular complexity index is 1300. The molecule has 0 N–H and O–H groups in total. The van der Waals surface area contributed by atoms with Gasteiger partial charge in [-0.3, -0.25) is 0 Å². The van der Waals surface area contributed by atoms with E-state index in [-0.39, 0.29) is 12.6 Å². The lowest BCUT2D eigenvalue weighted by Crippen LogP contribution is -2.16. The van der Waals surface area contributed by atoms with E-state index < -0.39 is 0 Å². The third kappa shape index (κ3) is 4.92. The molecule has 1 aliphatic rings. The molecule has 0 unspecified atom stereocenters. The van der Waals surface area contributed by atoms with E-state index >= 15 is 0 Å². The number of methoxy groups -OCH3 is 3. The quantitative estimate of drug-likeness (QED) is 0.311. The molecule has 1 heterocycles. The van der Waals surface area contributed by atoms with Gasteiger partial charge in [-0.25, -0.2) is 9.78 Å². The Kier molecular flexibility index (Phi) is 7.51. The Hall–Kier alpha value is -4.05. The zero-order valence-corrected chi connectivity index (χ0v) is 20.2. The molecule has 0 radical (unpaired) electrons. The summed E-state index contributed by atoms with van der Waals surface area (Å²) in [7, 11) is 4.75. The van der Waals surface area contributed by atoms with Gasteiger partial charge in [0.1, 0.15) is 0 Å². The number of ether oxygens (including phenoxy) is 4. The van der Waals surface area contributed by atoms with Crippen LogP contribution < -0.4 is 14.2 Å². The third-order valence-corrected chi connectivity index (χ3v) is 6.07. The number of aromatic nitrogens is 1. The van der Waals surface area contributed by atoms with Crippen molar-refractivity contribution in [2.75, 3.05) is 27.9 Å². The van der Waals surface area contributed by atoms with Gasteiger partial charge >= 0.3 is 5.97 Å². The average Bonchev–Trinajstić information content (AvgIpc) is 2.89. The van der Waals surface area contributed by atoms with Crippen molar-refractivity contribution in [1.82, 2.24) is 4.98 Å². The van der Waals surface area contributed by atoms with Gasteiger partial charge in [0.15, 0.2) is 11.5 Å². The molecule has 35 heavy (non-hydrogen) atoms. The van der Waals surface area contributed by atoms with Crippen LogP contribution in [0.5, 0.6) is 17.2 Å². The molecule has 3 aromatic rings. The second kappa shape index (κ2) is 10.9. The van der Waals surface area contributed by atoms with Crippen molar-refractivity contribution in [3.8, 4) is 23.3 Å². The Balaban J connectivity index is 1.82. The highest BCUT2D eigenvalue weighted by atomic mass is 16.5. The first kappa shape index (κ1) is 24.1. The number of esters is 1. The van der Waals surface area contributed by atoms with Crippen molar-refractivity contribution in [3.63, 3.8) is 0 Å². The van der Waals surface area contributed by atoms with E-state index in [0.717, 1.165) is 52.6 Å². The van der Waals surface area contributed by atoms with E-state index in [1.54, 1.807) is 21.3 Å². The van der Waals surface area contributed by atoms with Crippen LogP contribution in [0.1, 0.15) is 52.9 Å². The maximum Gasteiger partial charge on any atom is 0.339 e. The first-order valence-electron chi connectivity index (χ1n) is 11.6. The first-order chi connectivity index (χ1) is 17.1. The molecule has 0 bridgehead atoms. The smallest absolute Gasteiger partial charge is 0.339 e. The van der Waals surface area contributed by atoms with Crippen molar-refractivity contribution >= 4 is 28.5 Å². The monoisotopic (exact) mass is 472 g/mol. The number of nitriles is 1. The maximum atomic E-state index is 13.2. The van der Waals surface area contributed by atoms with Crippen molar-refractivity contribution in [1.29, 1.82) is 5.26 Å². The number of unbranched alkanes of at least 4 members (excludes halogenated alkanes) is 1. The molecule has 0 saturated heterocycles. The highest BCUT2D eigenvalue weighted by Crippen LogP contribution is 2.41.